The van der Waals surface area contributed by atoms with Crippen molar-refractivity contribution >= 4 is 0 Å². The van der Waals surface area contributed by atoms with Gasteiger partial charge in [0, 0.05) is 51.9 Å². The molecule has 10 heteroatoms. The van der Waals surface area contributed by atoms with E-state index in [0.717, 1.165) is 38.8 Å². The minimum Gasteiger partial charge on any atom is -0.352 e. The third-order valence-electron chi connectivity index (χ3n) is 6.29. The summed E-state index contributed by atoms with van der Waals surface area (Å²) in [7, 11) is 0. The Kier molecular flexibility index (Phi) is 14.2. The highest BCUT2D eigenvalue weighted by atomic mass is 16.7. The van der Waals surface area contributed by atoms with E-state index in [0.29, 0.717) is 78.3 Å². The second kappa shape index (κ2) is 17.2. The van der Waals surface area contributed by atoms with Crippen LogP contribution >= 0.6 is 0 Å². The van der Waals surface area contributed by atoms with Crippen LogP contribution in [0.5, 0.6) is 0 Å². The van der Waals surface area contributed by atoms with E-state index in [1.54, 1.807) is 0 Å². The Morgan fingerprint density at radius 3 is 1.14 bits per heavy atom. The van der Waals surface area contributed by atoms with Crippen molar-refractivity contribution in [3.8, 4) is 24.3 Å². The van der Waals surface area contributed by atoms with Crippen LogP contribution in [0.2, 0.25) is 0 Å². The van der Waals surface area contributed by atoms with E-state index in [4.69, 9.17) is 40.0 Å². The molecule has 2 aliphatic rings. The van der Waals surface area contributed by atoms with Crippen LogP contribution in [-0.4, -0.2) is 88.1 Å². The average molecular weight is 487 g/mol. The second-order valence-corrected chi connectivity index (χ2v) is 9.20. The summed E-state index contributed by atoms with van der Waals surface area (Å²) < 4.78 is 23.9. The van der Waals surface area contributed by atoms with Gasteiger partial charge in [0.15, 0.2) is 12.6 Å². The van der Waals surface area contributed by atoms with E-state index >= 15 is 0 Å². The molecule has 1 spiro atoms. The monoisotopic (exact) mass is 486 g/mol. The van der Waals surface area contributed by atoms with Crippen molar-refractivity contribution < 1.29 is 18.9 Å². The Labute approximate surface area is 209 Å². The zero-order valence-electron chi connectivity index (χ0n) is 20.7. The van der Waals surface area contributed by atoms with Gasteiger partial charge in [0.25, 0.3) is 0 Å². The summed E-state index contributed by atoms with van der Waals surface area (Å²) in [6, 6.07) is 8.64. The van der Waals surface area contributed by atoms with Crippen molar-refractivity contribution in [2.24, 2.45) is 5.41 Å². The topological polar surface area (TPSA) is 139 Å². The first-order chi connectivity index (χ1) is 17.1. The highest BCUT2D eigenvalue weighted by Crippen LogP contribution is 2.32. The van der Waals surface area contributed by atoms with Gasteiger partial charge in [-0.2, -0.15) is 21.0 Å². The van der Waals surface area contributed by atoms with Gasteiger partial charge in [-0.15, -0.1) is 0 Å². The van der Waals surface area contributed by atoms with Gasteiger partial charge in [-0.1, -0.05) is 0 Å². The molecule has 0 aliphatic carbocycles. The van der Waals surface area contributed by atoms with Crippen molar-refractivity contribution in [2.45, 2.75) is 63.9 Å². The van der Waals surface area contributed by atoms with E-state index < -0.39 is 0 Å². The van der Waals surface area contributed by atoms with Gasteiger partial charge in [0.1, 0.15) is 0 Å². The van der Waals surface area contributed by atoms with E-state index in [1.165, 1.54) is 0 Å². The predicted molar refractivity (Wildman–Crippen MR) is 126 cm³/mol. The molecule has 2 heterocycles. The maximum atomic E-state index is 8.80. The molecule has 2 fully saturated rings. The van der Waals surface area contributed by atoms with E-state index in [1.807, 2.05) is 0 Å². The molecule has 0 amide bonds. The van der Waals surface area contributed by atoms with Crippen LogP contribution in [0.3, 0.4) is 0 Å². The van der Waals surface area contributed by atoms with Gasteiger partial charge < -0.3 is 28.7 Å². The van der Waals surface area contributed by atoms with Crippen molar-refractivity contribution in [2.75, 3.05) is 65.7 Å². The first-order valence-corrected chi connectivity index (χ1v) is 12.5. The zero-order valence-corrected chi connectivity index (χ0v) is 20.7. The lowest BCUT2D eigenvalue weighted by molar-refractivity contribution is -0.304. The molecular formula is C25H38N6O4. The maximum absolute atomic E-state index is 8.80. The number of nitrogens with zero attached hydrogens (tertiary/aromatic N) is 6. The lowest BCUT2D eigenvalue weighted by atomic mass is 9.90. The molecule has 35 heavy (non-hydrogen) atoms. The largest absolute Gasteiger partial charge is 0.352 e. The average Bonchev–Trinajstić information content (AvgIpc) is 2.89. The summed E-state index contributed by atoms with van der Waals surface area (Å²) in [6.45, 7) is 6.50. The van der Waals surface area contributed by atoms with Crippen LogP contribution in [0.1, 0.15) is 51.4 Å². The molecule has 192 valence electrons. The molecule has 0 saturated carbocycles. The number of nitriles is 4. The molecule has 0 unspecified atom stereocenters. The molecule has 0 N–H and O–H groups in total. The van der Waals surface area contributed by atoms with Crippen molar-refractivity contribution in [3.63, 3.8) is 0 Å². The van der Waals surface area contributed by atoms with Gasteiger partial charge >= 0.3 is 0 Å². The minimum absolute atomic E-state index is 0.250. The highest BCUT2D eigenvalue weighted by molar-refractivity contribution is 4.85. The fraction of sp³-hybridized carbons (Fsp3) is 0.840. The van der Waals surface area contributed by atoms with Gasteiger partial charge in [-0.05, 0) is 38.8 Å². The molecule has 2 saturated heterocycles. The van der Waals surface area contributed by atoms with Gasteiger partial charge in [0.05, 0.1) is 56.1 Å². The Hall–Kier alpha value is -2.28. The van der Waals surface area contributed by atoms with Crippen LogP contribution in [-0.2, 0) is 18.9 Å². The standard InChI is InChI=1S/C25H38N6O4/c26-9-3-15-30(16-4-10-27)13-1-7-23-32-19-25(20-33-23)21-34-24(35-22-25)8-2-14-31(17-5-11-28)18-6-12-29/h23-24H,1-8,13-22H2. The Morgan fingerprint density at radius 2 is 0.857 bits per heavy atom. The first-order valence-electron chi connectivity index (χ1n) is 12.5. The van der Waals surface area contributed by atoms with Crippen molar-refractivity contribution in [1.82, 2.24) is 9.80 Å². The summed E-state index contributed by atoms with van der Waals surface area (Å²) in [5, 5.41) is 35.2. The highest BCUT2D eigenvalue weighted by Gasteiger charge is 2.41. The first kappa shape index (κ1) is 29.0. The number of rotatable bonds is 16. The summed E-state index contributed by atoms with van der Waals surface area (Å²) in [5.74, 6) is 0. The van der Waals surface area contributed by atoms with Crippen LogP contribution in [0.4, 0.5) is 0 Å². The molecule has 10 nitrogen and oxygen atoms in total. The lowest BCUT2D eigenvalue weighted by Gasteiger charge is -2.44. The Morgan fingerprint density at radius 1 is 0.543 bits per heavy atom. The summed E-state index contributed by atoms with van der Waals surface area (Å²) >= 11 is 0. The summed E-state index contributed by atoms with van der Waals surface area (Å²) in [4.78, 5) is 4.29. The maximum Gasteiger partial charge on any atom is 0.157 e. The fourth-order valence-corrected chi connectivity index (χ4v) is 4.22. The minimum atomic E-state index is -0.274. The van der Waals surface area contributed by atoms with Gasteiger partial charge in [0.2, 0.25) is 0 Å². The zero-order chi connectivity index (χ0) is 25.2. The van der Waals surface area contributed by atoms with Crippen molar-refractivity contribution in [1.29, 1.82) is 21.0 Å². The van der Waals surface area contributed by atoms with E-state index in [2.05, 4.69) is 34.1 Å². The van der Waals surface area contributed by atoms with Crippen LogP contribution < -0.4 is 0 Å². The quantitative estimate of drug-likeness (QED) is 0.320. The molecule has 0 atom stereocenters. The lowest BCUT2D eigenvalue weighted by Crippen LogP contribution is -2.52. The summed E-state index contributed by atoms with van der Waals surface area (Å²) in [5.41, 5.74) is -0.274. The van der Waals surface area contributed by atoms with E-state index in [-0.39, 0.29) is 18.0 Å². The Balaban J connectivity index is 1.62. The van der Waals surface area contributed by atoms with Gasteiger partial charge in [-0.3, -0.25) is 0 Å². The molecule has 0 aromatic rings. The third-order valence-corrected chi connectivity index (χ3v) is 6.29. The Bertz CT molecular complexity index is 648. The number of hydrogen-bond acceptors (Lipinski definition) is 10. The molecule has 0 aromatic heterocycles. The molecule has 0 radical (unpaired) electrons. The summed E-state index contributed by atoms with van der Waals surface area (Å²) in [6.07, 6.45) is 4.65. The van der Waals surface area contributed by atoms with E-state index in [9.17, 15) is 0 Å². The molecular weight excluding hydrogens is 448 g/mol. The second-order valence-electron chi connectivity index (χ2n) is 9.20. The predicted octanol–water partition coefficient (Wildman–Crippen LogP) is 2.54. The van der Waals surface area contributed by atoms with Crippen LogP contribution in [0.25, 0.3) is 0 Å². The van der Waals surface area contributed by atoms with Crippen LogP contribution in [0.15, 0.2) is 0 Å². The number of ether oxygens (including phenoxy) is 4. The van der Waals surface area contributed by atoms with Gasteiger partial charge in [-0.25, -0.2) is 0 Å². The fourth-order valence-electron chi connectivity index (χ4n) is 4.22. The normalized spacial score (nSPS) is 24.1. The molecule has 0 bridgehead atoms. The van der Waals surface area contributed by atoms with Crippen LogP contribution in [0, 0.1) is 50.7 Å². The third kappa shape index (κ3) is 11.3. The molecule has 0 aromatic carbocycles. The molecule has 2 aliphatic heterocycles. The van der Waals surface area contributed by atoms with Crippen molar-refractivity contribution in [3.05, 3.63) is 0 Å². The SMILES string of the molecule is N#CCCN(CCC#N)CCCC1OCC2(CO1)COC(CCCN(CCC#N)CCC#N)OC2. The number of hydrogen-bond donors (Lipinski definition) is 0. The smallest absolute Gasteiger partial charge is 0.157 e. The molecule has 2 rings (SSSR count).